The molecule has 37 heavy (non-hydrogen) atoms. The van der Waals surface area contributed by atoms with E-state index in [0.717, 1.165) is 28.6 Å². The van der Waals surface area contributed by atoms with Gasteiger partial charge >= 0.3 is 6.18 Å². The first-order valence-electron chi connectivity index (χ1n) is 11.2. The molecule has 4 rings (SSSR count). The summed E-state index contributed by atoms with van der Waals surface area (Å²) < 4.78 is 66.1. The normalized spacial score (nSPS) is 12.9. The van der Waals surface area contributed by atoms with Crippen LogP contribution in [0.15, 0.2) is 77.7 Å². The Morgan fingerprint density at radius 2 is 1.70 bits per heavy atom. The molecule has 194 valence electrons. The van der Waals surface area contributed by atoms with Gasteiger partial charge in [-0.15, -0.1) is 0 Å². The zero-order chi connectivity index (χ0) is 27.0. The molecule has 0 radical (unpaired) electrons. The Balaban J connectivity index is 1.78. The second-order valence-corrected chi connectivity index (χ2v) is 10.5. The Labute approximate surface area is 211 Å². The average molecular weight is 532 g/mol. The van der Waals surface area contributed by atoms with Crippen molar-refractivity contribution in [2.75, 3.05) is 17.9 Å². The zero-order valence-corrected chi connectivity index (χ0v) is 20.7. The number of hydrogen-bond donors (Lipinski definition) is 3. The number of H-pyrrole nitrogens is 1. The van der Waals surface area contributed by atoms with E-state index in [2.05, 4.69) is 10.3 Å². The number of rotatable bonds is 7. The fraction of sp³-hybridized carbons (Fsp3) is 0.192. The van der Waals surface area contributed by atoms with Crippen LogP contribution in [0.2, 0.25) is 0 Å². The number of halogens is 3. The number of carbonyl (C=O) groups is 1. The number of amides is 1. The molecule has 0 aliphatic heterocycles. The van der Waals surface area contributed by atoms with Gasteiger partial charge in [0.05, 0.1) is 22.3 Å². The van der Waals surface area contributed by atoms with E-state index in [1.807, 2.05) is 18.2 Å². The van der Waals surface area contributed by atoms with Crippen LogP contribution in [0.3, 0.4) is 0 Å². The first-order valence-corrected chi connectivity index (χ1v) is 12.7. The molecule has 7 nitrogen and oxygen atoms in total. The van der Waals surface area contributed by atoms with Crippen LogP contribution in [0.4, 0.5) is 18.9 Å². The van der Waals surface area contributed by atoms with Crippen molar-refractivity contribution in [3.05, 3.63) is 84.1 Å². The van der Waals surface area contributed by atoms with Crippen LogP contribution in [0.1, 0.15) is 23.0 Å². The Kier molecular flexibility index (Phi) is 7.03. The number of hydrogen-bond acceptors (Lipinski definition) is 4. The van der Waals surface area contributed by atoms with Gasteiger partial charge in [-0.05, 0) is 55.0 Å². The number of aromatic nitrogens is 1. The lowest BCUT2D eigenvalue weighted by molar-refractivity contribution is -0.137. The van der Waals surface area contributed by atoms with Crippen molar-refractivity contribution in [1.82, 2.24) is 10.3 Å². The summed E-state index contributed by atoms with van der Waals surface area (Å²) in [6.45, 7) is 1.59. The molecule has 0 saturated heterocycles. The van der Waals surface area contributed by atoms with Gasteiger partial charge in [-0.1, -0.05) is 30.3 Å². The third-order valence-electron chi connectivity index (χ3n) is 5.83. The molecule has 3 N–H and O–H groups in total. The Morgan fingerprint density at radius 3 is 2.30 bits per heavy atom. The number of nitrogens with one attached hydrogen (secondary N) is 2. The van der Waals surface area contributed by atoms with Crippen molar-refractivity contribution < 1.29 is 31.5 Å². The lowest BCUT2D eigenvalue weighted by atomic mass is 10.0. The number of alkyl halides is 3. The van der Waals surface area contributed by atoms with Gasteiger partial charge in [0, 0.05) is 30.1 Å². The molecule has 0 aliphatic rings. The number of carbonyl (C=O) groups excluding carboxylic acids is 1. The van der Waals surface area contributed by atoms with Crippen LogP contribution in [0.25, 0.3) is 22.0 Å². The van der Waals surface area contributed by atoms with Crippen molar-refractivity contribution >= 4 is 32.5 Å². The lowest BCUT2D eigenvalue weighted by Crippen LogP contribution is -2.31. The summed E-state index contributed by atoms with van der Waals surface area (Å²) >= 11 is 0. The van der Waals surface area contributed by atoms with Gasteiger partial charge in [-0.2, -0.15) is 13.2 Å². The standard InChI is InChI=1S/C26H24F3N3O4S/c1-16(33)15-30-25(34)24-23(17-6-4-3-5-7-17)21-14-19(10-13-22(21)31-24)32(2)37(35,36)20-11-8-18(9-12-20)26(27,28)29/h3-14,16,31,33H,15H2,1-2H3,(H,30,34). The van der Waals surface area contributed by atoms with Gasteiger partial charge in [0.1, 0.15) is 5.69 Å². The van der Waals surface area contributed by atoms with Crippen LogP contribution < -0.4 is 9.62 Å². The molecule has 1 heterocycles. The topological polar surface area (TPSA) is 102 Å². The molecule has 0 saturated carbocycles. The number of aromatic amines is 1. The maximum absolute atomic E-state index is 13.2. The number of sulfonamides is 1. The summed E-state index contributed by atoms with van der Waals surface area (Å²) in [6, 6.07) is 17.1. The molecular weight excluding hydrogens is 507 g/mol. The highest BCUT2D eigenvalue weighted by Crippen LogP contribution is 2.36. The quantitative estimate of drug-likeness (QED) is 0.319. The Morgan fingerprint density at radius 1 is 1.05 bits per heavy atom. The van der Waals surface area contributed by atoms with Gasteiger partial charge in [0.15, 0.2) is 0 Å². The van der Waals surface area contributed by atoms with E-state index in [-0.39, 0.29) is 22.8 Å². The van der Waals surface area contributed by atoms with Crippen LogP contribution >= 0.6 is 0 Å². The average Bonchev–Trinajstić information content (AvgIpc) is 3.25. The van der Waals surface area contributed by atoms with E-state index in [0.29, 0.717) is 22.0 Å². The molecule has 0 fully saturated rings. The summed E-state index contributed by atoms with van der Waals surface area (Å²) in [7, 11) is -2.87. The molecular formula is C26H24F3N3O4S. The Hall–Kier alpha value is -3.83. The Bertz CT molecular complexity index is 1530. The zero-order valence-electron chi connectivity index (χ0n) is 19.9. The molecule has 1 atom stereocenters. The molecule has 0 aliphatic carbocycles. The smallest absolute Gasteiger partial charge is 0.392 e. The minimum Gasteiger partial charge on any atom is -0.392 e. The molecule has 4 aromatic rings. The van der Waals surface area contributed by atoms with E-state index in [9.17, 15) is 31.5 Å². The van der Waals surface area contributed by atoms with Gasteiger partial charge in [-0.3, -0.25) is 9.10 Å². The lowest BCUT2D eigenvalue weighted by Gasteiger charge is -2.20. The third-order valence-corrected chi connectivity index (χ3v) is 7.63. The number of nitrogens with zero attached hydrogens (tertiary/aromatic N) is 1. The highest BCUT2D eigenvalue weighted by atomic mass is 32.2. The van der Waals surface area contributed by atoms with Crippen molar-refractivity contribution in [2.24, 2.45) is 0 Å². The molecule has 11 heteroatoms. The second kappa shape index (κ2) is 9.91. The van der Waals surface area contributed by atoms with Gasteiger partial charge < -0.3 is 15.4 Å². The minimum absolute atomic E-state index is 0.0434. The summed E-state index contributed by atoms with van der Waals surface area (Å²) in [5, 5.41) is 12.8. The van der Waals surface area contributed by atoms with Crippen LogP contribution in [0, 0.1) is 0 Å². The molecule has 1 unspecified atom stereocenters. The minimum atomic E-state index is -4.58. The molecule has 0 bridgehead atoms. The predicted molar refractivity (Wildman–Crippen MR) is 135 cm³/mol. The number of aliphatic hydroxyl groups excluding tert-OH is 1. The first kappa shape index (κ1) is 26.2. The van der Waals surface area contributed by atoms with Crippen molar-refractivity contribution in [3.63, 3.8) is 0 Å². The van der Waals surface area contributed by atoms with Crippen molar-refractivity contribution in [1.29, 1.82) is 0 Å². The molecule has 1 amide bonds. The number of anilines is 1. The van der Waals surface area contributed by atoms with Crippen LogP contribution in [-0.4, -0.2) is 44.1 Å². The molecule has 3 aromatic carbocycles. The maximum Gasteiger partial charge on any atom is 0.416 e. The maximum atomic E-state index is 13.2. The van der Waals surface area contributed by atoms with Gasteiger partial charge in [0.2, 0.25) is 0 Å². The van der Waals surface area contributed by atoms with E-state index in [4.69, 9.17) is 0 Å². The first-order chi connectivity index (χ1) is 17.4. The summed E-state index contributed by atoms with van der Waals surface area (Å²) in [5.41, 5.74) is 1.37. The van der Waals surface area contributed by atoms with Crippen molar-refractivity contribution in [2.45, 2.75) is 24.1 Å². The highest BCUT2D eigenvalue weighted by molar-refractivity contribution is 7.92. The van der Waals surface area contributed by atoms with Gasteiger partial charge in [0.25, 0.3) is 15.9 Å². The van der Waals surface area contributed by atoms with Crippen LogP contribution in [0.5, 0.6) is 0 Å². The molecule has 1 aromatic heterocycles. The van der Waals surface area contributed by atoms with E-state index < -0.39 is 33.8 Å². The van der Waals surface area contributed by atoms with Gasteiger partial charge in [-0.25, -0.2) is 8.42 Å². The number of fused-ring (bicyclic) bond motifs is 1. The largest absolute Gasteiger partial charge is 0.416 e. The highest BCUT2D eigenvalue weighted by Gasteiger charge is 2.31. The summed E-state index contributed by atoms with van der Waals surface area (Å²) in [4.78, 5) is 15.7. The molecule has 0 spiro atoms. The number of benzene rings is 3. The second-order valence-electron chi connectivity index (χ2n) is 8.52. The predicted octanol–water partition coefficient (Wildman–Crippen LogP) is 4.79. The third kappa shape index (κ3) is 5.32. The monoisotopic (exact) mass is 531 g/mol. The van der Waals surface area contributed by atoms with E-state index >= 15 is 0 Å². The fourth-order valence-corrected chi connectivity index (χ4v) is 5.08. The summed E-state index contributed by atoms with van der Waals surface area (Å²) in [5.74, 6) is -0.441. The summed E-state index contributed by atoms with van der Waals surface area (Å²) in [6.07, 6.45) is -5.33. The number of aliphatic hydroxyl groups is 1. The van der Waals surface area contributed by atoms with Crippen molar-refractivity contribution in [3.8, 4) is 11.1 Å². The van der Waals surface area contributed by atoms with Crippen LogP contribution in [-0.2, 0) is 16.2 Å². The SMILES string of the molecule is CC(O)CNC(=O)c1[nH]c2ccc(N(C)S(=O)(=O)c3ccc(C(F)(F)F)cc3)cc2c1-c1ccccc1. The fourth-order valence-electron chi connectivity index (χ4n) is 3.89. The van der Waals surface area contributed by atoms with E-state index in [1.165, 1.54) is 13.1 Å². The van der Waals surface area contributed by atoms with E-state index in [1.54, 1.807) is 31.2 Å².